The molecule has 2 aromatic rings. The molecule has 0 bridgehead atoms. The minimum absolute atomic E-state index is 0.00574. The normalized spacial score (nSPS) is 15.2. The van der Waals surface area contributed by atoms with Crippen LogP contribution in [0.4, 0.5) is 5.69 Å². The third kappa shape index (κ3) is 7.51. The molecule has 0 radical (unpaired) electrons. The van der Waals surface area contributed by atoms with E-state index in [2.05, 4.69) is 5.32 Å². The number of hydrogen-bond donors (Lipinski definition) is 1. The highest BCUT2D eigenvalue weighted by molar-refractivity contribution is 7.92. The summed E-state index contributed by atoms with van der Waals surface area (Å²) in [5.41, 5.74) is 0.759. The Kier molecular flexibility index (Phi) is 9.92. The molecule has 7 nitrogen and oxygen atoms in total. The van der Waals surface area contributed by atoms with Gasteiger partial charge in [0.25, 0.3) is 0 Å². The van der Waals surface area contributed by atoms with Gasteiger partial charge in [-0.1, -0.05) is 72.3 Å². The Bertz CT molecular complexity index is 1200. The van der Waals surface area contributed by atoms with Crippen molar-refractivity contribution in [1.29, 1.82) is 0 Å². The first-order valence-corrected chi connectivity index (χ1v) is 14.7. The number of nitrogens with zero attached hydrogens (tertiary/aromatic N) is 2. The quantitative estimate of drug-likeness (QED) is 0.442. The van der Waals surface area contributed by atoms with Gasteiger partial charge in [-0.05, 0) is 49.6 Å². The molecule has 196 valence electrons. The average Bonchev–Trinajstić information content (AvgIpc) is 2.82. The predicted octanol–water partition coefficient (Wildman–Crippen LogP) is 5.28. The highest BCUT2D eigenvalue weighted by atomic mass is 35.5. The number of halogens is 3. The second kappa shape index (κ2) is 12.5. The zero-order chi connectivity index (χ0) is 26.5. The summed E-state index contributed by atoms with van der Waals surface area (Å²) < 4.78 is 26.2. The standard InChI is InChI=1S/C25H30Cl3N3O4S/c1-17(25(33)29-20-8-4-3-5-9-20)30(15-18-12-13-19(26)14-22(18)28)24(32)16-31(36(2,34)35)23-11-7-6-10-21(23)27/h6-7,10-14,17,20H,3-5,8-9,15-16H2,1-2H3,(H,29,33)/t17-/m1/s1. The maximum absolute atomic E-state index is 13.6. The van der Waals surface area contributed by atoms with Crippen molar-refractivity contribution in [3.63, 3.8) is 0 Å². The van der Waals surface area contributed by atoms with E-state index in [9.17, 15) is 18.0 Å². The molecule has 2 aromatic carbocycles. The Morgan fingerprint density at radius 1 is 1.03 bits per heavy atom. The summed E-state index contributed by atoms with van der Waals surface area (Å²) in [5.74, 6) is -0.873. The summed E-state index contributed by atoms with van der Waals surface area (Å²) >= 11 is 18.6. The number of nitrogens with one attached hydrogen (secondary N) is 1. The number of rotatable bonds is 9. The van der Waals surface area contributed by atoms with Gasteiger partial charge in [0.15, 0.2) is 0 Å². The maximum Gasteiger partial charge on any atom is 0.244 e. The van der Waals surface area contributed by atoms with Crippen LogP contribution in [0.3, 0.4) is 0 Å². The molecule has 0 aromatic heterocycles. The molecule has 2 amide bonds. The van der Waals surface area contributed by atoms with Crippen molar-refractivity contribution < 1.29 is 18.0 Å². The molecule has 36 heavy (non-hydrogen) atoms. The lowest BCUT2D eigenvalue weighted by atomic mass is 9.95. The number of hydrogen-bond acceptors (Lipinski definition) is 4. The second-order valence-corrected chi connectivity index (χ2v) is 12.2. The molecule has 0 spiro atoms. The second-order valence-electron chi connectivity index (χ2n) is 9.00. The summed E-state index contributed by atoms with van der Waals surface area (Å²) in [6, 6.07) is 10.4. The van der Waals surface area contributed by atoms with Crippen LogP contribution in [0.5, 0.6) is 0 Å². The molecule has 1 atom stereocenters. The number of amides is 2. The van der Waals surface area contributed by atoms with Crippen molar-refractivity contribution in [1.82, 2.24) is 10.2 Å². The highest BCUT2D eigenvalue weighted by Crippen LogP contribution is 2.28. The van der Waals surface area contributed by atoms with E-state index < -0.39 is 28.5 Å². The van der Waals surface area contributed by atoms with Crippen molar-refractivity contribution >= 4 is 62.3 Å². The number of sulfonamides is 1. The van der Waals surface area contributed by atoms with Crippen LogP contribution < -0.4 is 9.62 Å². The lowest BCUT2D eigenvalue weighted by Gasteiger charge is -2.33. The SMILES string of the molecule is C[C@H](C(=O)NC1CCCCC1)N(Cc1ccc(Cl)cc1Cl)C(=O)CN(c1ccccc1Cl)S(C)(=O)=O. The van der Waals surface area contributed by atoms with Crippen LogP contribution in [0.15, 0.2) is 42.5 Å². The van der Waals surface area contributed by atoms with Gasteiger partial charge < -0.3 is 10.2 Å². The van der Waals surface area contributed by atoms with Gasteiger partial charge in [-0.25, -0.2) is 8.42 Å². The van der Waals surface area contributed by atoms with E-state index in [1.54, 1.807) is 43.3 Å². The van der Waals surface area contributed by atoms with Gasteiger partial charge in [0.05, 0.1) is 17.0 Å². The molecular weight excluding hydrogens is 545 g/mol. The lowest BCUT2D eigenvalue weighted by Crippen LogP contribution is -2.53. The fraction of sp³-hybridized carbons (Fsp3) is 0.440. The molecular formula is C25H30Cl3N3O4S. The van der Waals surface area contributed by atoms with Gasteiger partial charge in [-0.3, -0.25) is 13.9 Å². The Hall–Kier alpha value is -2.00. The van der Waals surface area contributed by atoms with Crippen molar-refractivity contribution in [3.05, 3.63) is 63.1 Å². The third-order valence-corrected chi connectivity index (χ3v) is 8.31. The minimum atomic E-state index is -3.87. The van der Waals surface area contributed by atoms with Crippen LogP contribution in [0.1, 0.15) is 44.6 Å². The molecule has 0 unspecified atom stereocenters. The zero-order valence-electron chi connectivity index (χ0n) is 20.2. The fourth-order valence-corrected chi connectivity index (χ4v) is 5.85. The van der Waals surface area contributed by atoms with Crippen LogP contribution >= 0.6 is 34.8 Å². The Morgan fingerprint density at radius 3 is 2.31 bits per heavy atom. The summed E-state index contributed by atoms with van der Waals surface area (Å²) in [4.78, 5) is 28.1. The number of carbonyl (C=O) groups excluding carboxylic acids is 2. The van der Waals surface area contributed by atoms with Crippen LogP contribution in [0.2, 0.25) is 15.1 Å². The molecule has 1 aliphatic rings. The average molecular weight is 575 g/mol. The summed E-state index contributed by atoms with van der Waals surface area (Å²) in [6.45, 7) is 1.09. The van der Waals surface area contributed by atoms with Crippen LogP contribution in [-0.2, 0) is 26.2 Å². The molecule has 0 heterocycles. The maximum atomic E-state index is 13.6. The monoisotopic (exact) mass is 573 g/mol. The van der Waals surface area contributed by atoms with E-state index in [4.69, 9.17) is 34.8 Å². The van der Waals surface area contributed by atoms with Gasteiger partial charge in [-0.15, -0.1) is 0 Å². The van der Waals surface area contributed by atoms with Crippen molar-refractivity contribution in [2.45, 2.75) is 57.7 Å². The summed E-state index contributed by atoms with van der Waals surface area (Å²) in [6.07, 6.45) is 6.02. The number of carbonyl (C=O) groups is 2. The lowest BCUT2D eigenvalue weighted by molar-refractivity contribution is -0.139. The Labute approximate surface area is 227 Å². The van der Waals surface area contributed by atoms with Gasteiger partial charge in [0.2, 0.25) is 21.8 Å². The summed E-state index contributed by atoms with van der Waals surface area (Å²) in [5, 5.41) is 4.01. The highest BCUT2D eigenvalue weighted by Gasteiger charge is 2.32. The van der Waals surface area contributed by atoms with E-state index in [0.717, 1.165) is 42.7 Å². The predicted molar refractivity (Wildman–Crippen MR) is 145 cm³/mol. The molecule has 3 rings (SSSR count). The summed E-state index contributed by atoms with van der Waals surface area (Å²) in [7, 11) is -3.87. The van der Waals surface area contributed by atoms with Gasteiger partial charge in [0.1, 0.15) is 12.6 Å². The molecule has 1 fully saturated rings. The molecule has 11 heteroatoms. The third-order valence-electron chi connectivity index (χ3n) is 6.27. The Balaban J connectivity index is 1.91. The molecule has 1 N–H and O–H groups in total. The molecule has 1 aliphatic carbocycles. The smallest absolute Gasteiger partial charge is 0.244 e. The number of para-hydroxylation sites is 1. The fourth-order valence-electron chi connectivity index (χ4n) is 4.23. The van der Waals surface area contributed by atoms with Crippen molar-refractivity contribution in [3.8, 4) is 0 Å². The number of benzene rings is 2. The van der Waals surface area contributed by atoms with E-state index in [0.29, 0.717) is 15.6 Å². The first-order valence-electron chi connectivity index (χ1n) is 11.7. The molecule has 0 aliphatic heterocycles. The molecule has 1 saturated carbocycles. The van der Waals surface area contributed by atoms with E-state index >= 15 is 0 Å². The van der Waals surface area contributed by atoms with Crippen molar-refractivity contribution in [2.24, 2.45) is 0 Å². The number of anilines is 1. The zero-order valence-corrected chi connectivity index (χ0v) is 23.3. The molecule has 0 saturated heterocycles. The van der Waals surface area contributed by atoms with Gasteiger partial charge in [0, 0.05) is 22.6 Å². The first-order chi connectivity index (χ1) is 17.0. The van der Waals surface area contributed by atoms with E-state index in [1.165, 1.54) is 11.0 Å². The largest absolute Gasteiger partial charge is 0.352 e. The van der Waals surface area contributed by atoms with Gasteiger partial charge >= 0.3 is 0 Å². The Morgan fingerprint density at radius 2 is 1.69 bits per heavy atom. The topological polar surface area (TPSA) is 86.8 Å². The van der Waals surface area contributed by atoms with Crippen LogP contribution in [0.25, 0.3) is 0 Å². The van der Waals surface area contributed by atoms with Crippen LogP contribution in [-0.4, -0.2) is 50.0 Å². The van der Waals surface area contributed by atoms with Gasteiger partial charge in [-0.2, -0.15) is 0 Å². The first kappa shape index (κ1) is 28.6. The van der Waals surface area contributed by atoms with E-state index in [1.807, 2.05) is 0 Å². The minimum Gasteiger partial charge on any atom is -0.352 e. The van der Waals surface area contributed by atoms with Crippen LogP contribution in [0, 0.1) is 0 Å². The van der Waals surface area contributed by atoms with E-state index in [-0.39, 0.29) is 29.2 Å². The van der Waals surface area contributed by atoms with Crippen molar-refractivity contribution in [2.75, 3.05) is 17.1 Å².